The van der Waals surface area contributed by atoms with Crippen molar-refractivity contribution in [3.8, 4) is 0 Å². The quantitative estimate of drug-likeness (QED) is 0.694. The van der Waals surface area contributed by atoms with Crippen molar-refractivity contribution in [3.05, 3.63) is 33.4 Å². The minimum atomic E-state index is 0.133. The highest BCUT2D eigenvalue weighted by atomic mass is 16.1. The molecule has 1 aromatic rings. The van der Waals surface area contributed by atoms with Crippen LogP contribution >= 0.6 is 0 Å². The van der Waals surface area contributed by atoms with Crippen LogP contribution < -0.4 is 0 Å². The number of hydrogen-bond acceptors (Lipinski definition) is 1. The average Bonchev–Trinajstić information content (AvgIpc) is 2.34. The van der Waals surface area contributed by atoms with Gasteiger partial charge in [0.05, 0.1) is 0 Å². The van der Waals surface area contributed by atoms with Gasteiger partial charge in [0.25, 0.3) is 0 Å². The lowest BCUT2D eigenvalue weighted by Crippen LogP contribution is -2.16. The fraction of sp³-hybridized carbons (Fsp3) is 0.588. The molecule has 0 aliphatic carbocycles. The smallest absolute Gasteiger partial charge is 0.166 e. The first-order valence-electron chi connectivity index (χ1n) is 6.94. The second kappa shape index (κ2) is 5.69. The Morgan fingerprint density at radius 2 is 1.28 bits per heavy atom. The second-order valence-electron chi connectivity index (χ2n) is 5.55. The summed E-state index contributed by atoms with van der Waals surface area (Å²) < 4.78 is 0. The predicted octanol–water partition coefficient (Wildman–Crippen LogP) is 4.85. The summed E-state index contributed by atoms with van der Waals surface area (Å²) in [4.78, 5) is 12.6. The summed E-state index contributed by atoms with van der Waals surface area (Å²) in [6, 6.07) is 0. The van der Waals surface area contributed by atoms with E-state index in [0.29, 0.717) is 5.78 Å². The third kappa shape index (κ3) is 2.50. The summed E-state index contributed by atoms with van der Waals surface area (Å²) in [6.45, 7) is 14.7. The molecule has 0 heterocycles. The zero-order valence-corrected chi connectivity index (χ0v) is 12.9. The summed E-state index contributed by atoms with van der Waals surface area (Å²) in [7, 11) is 0. The number of Topliss-reactive ketones (excluding diaryl/α,β-unsaturated/α-hetero) is 1. The Labute approximate surface area is 112 Å². The molecular formula is C17H26O. The number of rotatable bonds is 4. The van der Waals surface area contributed by atoms with Crippen LogP contribution in [0.4, 0.5) is 0 Å². The van der Waals surface area contributed by atoms with Crippen molar-refractivity contribution in [2.75, 3.05) is 0 Å². The number of carbonyl (C=O) groups is 1. The number of carbonyl (C=O) groups excluding carboxylic acids is 1. The van der Waals surface area contributed by atoms with Gasteiger partial charge in [0.1, 0.15) is 0 Å². The molecule has 100 valence electrons. The highest BCUT2D eigenvalue weighted by Crippen LogP contribution is 2.28. The van der Waals surface area contributed by atoms with E-state index >= 15 is 0 Å². The van der Waals surface area contributed by atoms with Crippen LogP contribution in [-0.2, 0) is 0 Å². The van der Waals surface area contributed by atoms with Gasteiger partial charge in [-0.3, -0.25) is 4.79 Å². The first-order valence-corrected chi connectivity index (χ1v) is 6.94. The highest BCUT2D eigenvalue weighted by molar-refractivity contribution is 6.01. The van der Waals surface area contributed by atoms with Crippen molar-refractivity contribution in [1.82, 2.24) is 0 Å². The molecule has 0 bridgehead atoms. The van der Waals surface area contributed by atoms with Crippen LogP contribution in [0.1, 0.15) is 64.9 Å². The van der Waals surface area contributed by atoms with Gasteiger partial charge in [-0.25, -0.2) is 0 Å². The van der Waals surface area contributed by atoms with Gasteiger partial charge in [0.15, 0.2) is 5.78 Å². The van der Waals surface area contributed by atoms with Gasteiger partial charge in [-0.1, -0.05) is 20.3 Å². The third-order valence-corrected chi connectivity index (χ3v) is 4.42. The van der Waals surface area contributed by atoms with Gasteiger partial charge < -0.3 is 0 Å². The summed E-state index contributed by atoms with van der Waals surface area (Å²) in [6.07, 6.45) is 2.04. The topological polar surface area (TPSA) is 17.1 Å². The molecule has 1 nitrogen and oxygen atoms in total. The van der Waals surface area contributed by atoms with E-state index in [4.69, 9.17) is 0 Å². The minimum absolute atomic E-state index is 0.133. The van der Waals surface area contributed by atoms with Crippen molar-refractivity contribution in [3.63, 3.8) is 0 Å². The van der Waals surface area contributed by atoms with Crippen molar-refractivity contribution in [2.24, 2.45) is 5.92 Å². The van der Waals surface area contributed by atoms with E-state index in [1.54, 1.807) is 0 Å². The molecule has 1 unspecified atom stereocenters. The Morgan fingerprint density at radius 1 is 0.889 bits per heavy atom. The minimum Gasteiger partial charge on any atom is -0.294 e. The van der Waals surface area contributed by atoms with E-state index in [1.807, 2.05) is 0 Å². The van der Waals surface area contributed by atoms with Crippen molar-refractivity contribution in [1.29, 1.82) is 0 Å². The summed E-state index contributed by atoms with van der Waals surface area (Å²) in [5.41, 5.74) is 7.17. The number of benzene rings is 1. The van der Waals surface area contributed by atoms with E-state index in [0.717, 1.165) is 18.4 Å². The summed E-state index contributed by atoms with van der Waals surface area (Å²) >= 11 is 0. The average molecular weight is 246 g/mol. The summed E-state index contributed by atoms with van der Waals surface area (Å²) in [5, 5.41) is 0. The SMILES string of the molecule is CCCC(C)C(=O)c1c(C)c(C)c(C)c(C)c1C. The van der Waals surface area contributed by atoms with Crippen molar-refractivity contribution < 1.29 is 4.79 Å². The van der Waals surface area contributed by atoms with Crippen LogP contribution in [0.5, 0.6) is 0 Å². The molecule has 0 aromatic heterocycles. The molecular weight excluding hydrogens is 220 g/mol. The molecule has 18 heavy (non-hydrogen) atoms. The molecule has 0 fully saturated rings. The largest absolute Gasteiger partial charge is 0.294 e. The van der Waals surface area contributed by atoms with E-state index in [9.17, 15) is 4.79 Å². The Hall–Kier alpha value is -1.11. The van der Waals surface area contributed by atoms with Gasteiger partial charge in [0, 0.05) is 11.5 Å². The zero-order valence-electron chi connectivity index (χ0n) is 12.9. The van der Waals surface area contributed by atoms with E-state index < -0.39 is 0 Å². The Kier molecular flexibility index (Phi) is 4.72. The van der Waals surface area contributed by atoms with E-state index in [1.165, 1.54) is 27.8 Å². The van der Waals surface area contributed by atoms with Crippen LogP contribution in [0.15, 0.2) is 0 Å². The van der Waals surface area contributed by atoms with Crippen molar-refractivity contribution >= 4 is 5.78 Å². The standard InChI is InChI=1S/C17H26O/c1-8-9-10(2)17(18)16-14(6)12(4)11(3)13(5)15(16)7/h10H,8-9H2,1-7H3. The number of ketones is 1. The maximum absolute atomic E-state index is 12.6. The van der Waals surface area contributed by atoms with Gasteiger partial charge in [-0.2, -0.15) is 0 Å². The Bertz CT molecular complexity index is 440. The van der Waals surface area contributed by atoms with Crippen LogP contribution in [0, 0.1) is 40.5 Å². The van der Waals surface area contributed by atoms with Gasteiger partial charge in [-0.15, -0.1) is 0 Å². The van der Waals surface area contributed by atoms with Crippen LogP contribution in [0.2, 0.25) is 0 Å². The maximum Gasteiger partial charge on any atom is 0.166 e. The lowest BCUT2D eigenvalue weighted by atomic mass is 9.84. The normalized spacial score (nSPS) is 12.6. The molecule has 0 saturated heterocycles. The lowest BCUT2D eigenvalue weighted by molar-refractivity contribution is 0.0922. The Morgan fingerprint density at radius 3 is 1.67 bits per heavy atom. The van der Waals surface area contributed by atoms with Gasteiger partial charge >= 0.3 is 0 Å². The van der Waals surface area contributed by atoms with Crippen LogP contribution in [-0.4, -0.2) is 5.78 Å². The molecule has 1 heteroatoms. The molecule has 1 atom stereocenters. The van der Waals surface area contributed by atoms with Gasteiger partial charge in [0.2, 0.25) is 0 Å². The molecule has 0 aliphatic heterocycles. The molecule has 1 rings (SSSR count). The molecule has 0 N–H and O–H groups in total. The molecule has 0 amide bonds. The first kappa shape index (κ1) is 14.9. The molecule has 0 radical (unpaired) electrons. The first-order chi connectivity index (χ1) is 8.32. The summed E-state index contributed by atoms with van der Waals surface area (Å²) in [5.74, 6) is 0.451. The second-order valence-corrected chi connectivity index (χ2v) is 5.55. The van der Waals surface area contributed by atoms with Gasteiger partial charge in [-0.05, 0) is 68.9 Å². The van der Waals surface area contributed by atoms with E-state index in [2.05, 4.69) is 48.5 Å². The lowest BCUT2D eigenvalue weighted by Gasteiger charge is -2.20. The monoisotopic (exact) mass is 246 g/mol. The maximum atomic E-state index is 12.6. The number of hydrogen-bond donors (Lipinski definition) is 0. The molecule has 0 aliphatic rings. The van der Waals surface area contributed by atoms with Crippen molar-refractivity contribution in [2.45, 2.75) is 61.3 Å². The van der Waals surface area contributed by atoms with Crippen LogP contribution in [0.25, 0.3) is 0 Å². The third-order valence-electron chi connectivity index (χ3n) is 4.42. The predicted molar refractivity (Wildman–Crippen MR) is 78.5 cm³/mol. The Balaban J connectivity index is 3.37. The molecule has 0 spiro atoms. The fourth-order valence-corrected chi connectivity index (χ4v) is 2.68. The molecule has 1 aromatic carbocycles. The van der Waals surface area contributed by atoms with E-state index in [-0.39, 0.29) is 5.92 Å². The molecule has 0 saturated carbocycles. The fourth-order valence-electron chi connectivity index (χ4n) is 2.68. The zero-order chi connectivity index (χ0) is 14.0. The highest BCUT2D eigenvalue weighted by Gasteiger charge is 2.21. The van der Waals surface area contributed by atoms with Crippen LogP contribution in [0.3, 0.4) is 0 Å².